The summed E-state index contributed by atoms with van der Waals surface area (Å²) >= 11 is 0. The van der Waals surface area contributed by atoms with Crippen molar-refractivity contribution < 1.29 is 13.2 Å². The lowest BCUT2D eigenvalue weighted by Gasteiger charge is -2.20. The number of nitrogens with one attached hydrogen (secondary N) is 1. The minimum Gasteiger partial charge on any atom is -0.313 e. The van der Waals surface area contributed by atoms with Gasteiger partial charge in [0.05, 0.1) is 0 Å². The summed E-state index contributed by atoms with van der Waals surface area (Å²) in [5.41, 5.74) is -0.102. The fourth-order valence-electron chi connectivity index (χ4n) is 3.41. The summed E-state index contributed by atoms with van der Waals surface area (Å²) in [4.78, 5) is 0. The van der Waals surface area contributed by atoms with Gasteiger partial charge in [-0.05, 0) is 23.8 Å². The molecule has 1 fully saturated rings. The second kappa shape index (κ2) is 4.23. The van der Waals surface area contributed by atoms with Crippen LogP contribution in [0.2, 0.25) is 0 Å². The number of benzene rings is 1. The zero-order valence-electron chi connectivity index (χ0n) is 11.9. The van der Waals surface area contributed by atoms with Crippen molar-refractivity contribution in [2.24, 2.45) is 16.7 Å². The monoisotopic (exact) mass is 271 g/mol. The number of rotatable bonds is 3. The fraction of sp³-hybridized carbons (Fsp3) is 0.600. The molecule has 1 aliphatic rings. The molecule has 1 atom stereocenters. The minimum atomic E-state index is -0.886. The summed E-state index contributed by atoms with van der Waals surface area (Å²) in [5.74, 6) is -2.44. The van der Waals surface area contributed by atoms with Crippen LogP contribution in [0.3, 0.4) is 0 Å². The van der Waals surface area contributed by atoms with Crippen LogP contribution in [0.4, 0.5) is 13.2 Å². The molecule has 0 saturated heterocycles. The van der Waals surface area contributed by atoms with Gasteiger partial charge in [-0.25, -0.2) is 13.2 Å². The number of halogens is 3. The Morgan fingerprint density at radius 2 is 1.42 bits per heavy atom. The Morgan fingerprint density at radius 3 is 1.74 bits per heavy atom. The zero-order valence-corrected chi connectivity index (χ0v) is 11.9. The molecule has 0 radical (unpaired) electrons. The van der Waals surface area contributed by atoms with Crippen molar-refractivity contribution in [1.29, 1.82) is 0 Å². The van der Waals surface area contributed by atoms with E-state index in [1.807, 2.05) is 0 Å². The molecule has 0 heterocycles. The van der Waals surface area contributed by atoms with Gasteiger partial charge in [-0.3, -0.25) is 0 Å². The van der Waals surface area contributed by atoms with Crippen molar-refractivity contribution >= 4 is 0 Å². The maximum atomic E-state index is 13.9. The number of hydrogen-bond donors (Lipinski definition) is 1. The normalized spacial score (nSPS) is 22.3. The summed E-state index contributed by atoms with van der Waals surface area (Å²) in [5, 5.41) is 2.99. The SMILES string of the molecule is CNC(c1c(F)cc(F)cc1F)C1C(C)(C)C1(C)C. The molecule has 2 rings (SSSR count). The van der Waals surface area contributed by atoms with Gasteiger partial charge >= 0.3 is 0 Å². The van der Waals surface area contributed by atoms with Crippen LogP contribution in [-0.4, -0.2) is 7.05 Å². The average Bonchev–Trinajstić information content (AvgIpc) is 2.64. The van der Waals surface area contributed by atoms with Gasteiger partial charge in [-0.1, -0.05) is 27.7 Å². The summed E-state index contributed by atoms with van der Waals surface area (Å²) in [7, 11) is 1.68. The lowest BCUT2D eigenvalue weighted by molar-refractivity contribution is 0.398. The summed E-state index contributed by atoms with van der Waals surface area (Å²) in [6.45, 7) is 8.34. The highest BCUT2D eigenvalue weighted by Crippen LogP contribution is 2.72. The molecule has 1 N–H and O–H groups in total. The predicted octanol–water partition coefficient (Wildman–Crippen LogP) is 4.05. The molecule has 0 aliphatic heterocycles. The molecule has 1 aromatic carbocycles. The van der Waals surface area contributed by atoms with Crippen LogP contribution < -0.4 is 5.32 Å². The Hall–Kier alpha value is -1.03. The van der Waals surface area contributed by atoms with Gasteiger partial charge in [0.25, 0.3) is 0 Å². The van der Waals surface area contributed by atoms with Gasteiger partial charge in [-0.15, -0.1) is 0 Å². The van der Waals surface area contributed by atoms with E-state index >= 15 is 0 Å². The summed E-state index contributed by atoms with van der Waals surface area (Å²) < 4.78 is 40.8. The molecule has 0 spiro atoms. The minimum absolute atomic E-state index is 0.0199. The molecule has 106 valence electrons. The van der Waals surface area contributed by atoms with E-state index < -0.39 is 23.5 Å². The van der Waals surface area contributed by atoms with E-state index in [2.05, 4.69) is 33.0 Å². The van der Waals surface area contributed by atoms with E-state index in [1.165, 1.54) is 0 Å². The molecule has 1 nitrogen and oxygen atoms in total. The molecule has 0 amide bonds. The topological polar surface area (TPSA) is 12.0 Å². The molecule has 4 heteroatoms. The molecular weight excluding hydrogens is 251 g/mol. The van der Waals surface area contributed by atoms with Gasteiger partial charge in [0.1, 0.15) is 17.5 Å². The molecule has 19 heavy (non-hydrogen) atoms. The van der Waals surface area contributed by atoms with Crippen molar-refractivity contribution in [3.05, 3.63) is 35.1 Å². The van der Waals surface area contributed by atoms with Crippen molar-refractivity contribution in [3.8, 4) is 0 Å². The van der Waals surface area contributed by atoms with Crippen molar-refractivity contribution in [1.82, 2.24) is 5.32 Å². The van der Waals surface area contributed by atoms with Crippen LogP contribution in [-0.2, 0) is 0 Å². The molecule has 0 bridgehead atoms. The second-order valence-electron chi connectivity index (χ2n) is 6.47. The average molecular weight is 271 g/mol. The summed E-state index contributed by atoms with van der Waals surface area (Å²) in [6, 6.07) is 1.03. The van der Waals surface area contributed by atoms with Crippen molar-refractivity contribution in [3.63, 3.8) is 0 Å². The van der Waals surface area contributed by atoms with Crippen molar-refractivity contribution in [2.75, 3.05) is 7.05 Å². The van der Waals surface area contributed by atoms with Gasteiger partial charge < -0.3 is 5.32 Å². The van der Waals surface area contributed by atoms with Crippen LogP contribution in [0.25, 0.3) is 0 Å². The fourth-order valence-corrected chi connectivity index (χ4v) is 3.41. The molecule has 1 unspecified atom stereocenters. The van der Waals surface area contributed by atoms with Gasteiger partial charge in [0.2, 0.25) is 0 Å². The lowest BCUT2D eigenvalue weighted by atomic mass is 9.95. The standard InChI is InChI=1S/C15H20F3N/c1-14(2)13(15(14,3)4)12(19-5)11-9(17)6-8(16)7-10(11)18/h6-7,12-13,19H,1-5H3. The van der Waals surface area contributed by atoms with Gasteiger partial charge in [0.15, 0.2) is 0 Å². The zero-order chi connectivity index (χ0) is 14.6. The van der Waals surface area contributed by atoms with Crippen molar-refractivity contribution in [2.45, 2.75) is 33.7 Å². The Labute approximate surface area is 112 Å². The molecular formula is C15H20F3N. The molecule has 1 saturated carbocycles. The molecule has 1 aliphatic carbocycles. The van der Waals surface area contributed by atoms with Gasteiger partial charge in [0, 0.05) is 23.7 Å². The first-order chi connectivity index (χ1) is 8.64. The third-order valence-corrected chi connectivity index (χ3v) is 5.13. The van der Waals surface area contributed by atoms with E-state index in [1.54, 1.807) is 7.05 Å². The Kier molecular flexibility index (Phi) is 3.21. The van der Waals surface area contributed by atoms with E-state index in [9.17, 15) is 13.2 Å². The Bertz CT molecular complexity index is 471. The second-order valence-corrected chi connectivity index (χ2v) is 6.47. The quantitative estimate of drug-likeness (QED) is 0.874. The highest BCUT2D eigenvalue weighted by Gasteiger charge is 2.67. The highest BCUT2D eigenvalue weighted by molar-refractivity contribution is 5.30. The van der Waals surface area contributed by atoms with Crippen LogP contribution in [0.15, 0.2) is 12.1 Å². The Balaban J connectivity index is 2.46. The Morgan fingerprint density at radius 1 is 1.00 bits per heavy atom. The lowest BCUT2D eigenvalue weighted by Crippen LogP contribution is -2.24. The van der Waals surface area contributed by atoms with Gasteiger partial charge in [-0.2, -0.15) is 0 Å². The van der Waals surface area contributed by atoms with Crippen LogP contribution >= 0.6 is 0 Å². The smallest absolute Gasteiger partial charge is 0.133 e. The number of hydrogen-bond acceptors (Lipinski definition) is 1. The molecule has 1 aromatic rings. The first-order valence-corrected chi connectivity index (χ1v) is 6.46. The van der Waals surface area contributed by atoms with E-state index in [4.69, 9.17) is 0 Å². The first-order valence-electron chi connectivity index (χ1n) is 6.46. The van der Waals surface area contributed by atoms with Crippen LogP contribution in [0.1, 0.15) is 39.3 Å². The third-order valence-electron chi connectivity index (χ3n) is 5.13. The first kappa shape index (κ1) is 14.4. The van der Waals surface area contributed by atoms with Crippen LogP contribution in [0, 0.1) is 34.2 Å². The van der Waals surface area contributed by atoms with E-state index in [-0.39, 0.29) is 22.3 Å². The third kappa shape index (κ3) is 1.97. The largest absolute Gasteiger partial charge is 0.313 e. The summed E-state index contributed by atoms with van der Waals surface area (Å²) in [6.07, 6.45) is 0. The maximum absolute atomic E-state index is 13.9. The molecule has 0 aromatic heterocycles. The van der Waals surface area contributed by atoms with E-state index in [0.29, 0.717) is 0 Å². The van der Waals surface area contributed by atoms with Crippen LogP contribution in [0.5, 0.6) is 0 Å². The highest BCUT2D eigenvalue weighted by atomic mass is 19.1. The maximum Gasteiger partial charge on any atom is 0.133 e. The van der Waals surface area contributed by atoms with E-state index in [0.717, 1.165) is 12.1 Å². The predicted molar refractivity (Wildman–Crippen MR) is 69.2 cm³/mol.